The van der Waals surface area contributed by atoms with Crippen LogP contribution in [0.3, 0.4) is 0 Å². The molecule has 0 radical (unpaired) electrons. The van der Waals surface area contributed by atoms with E-state index in [2.05, 4.69) is 20.5 Å². The van der Waals surface area contributed by atoms with Crippen LogP contribution in [0.4, 0.5) is 5.69 Å². The molecule has 0 bridgehead atoms. The summed E-state index contributed by atoms with van der Waals surface area (Å²) in [6.45, 7) is 1.99. The number of aromatic amines is 1. The SMILES string of the molecule is Cc1ccc(NC(=O)CSc2n[nH]c(-c3ccccc3O)n2)cc1. The maximum absolute atomic E-state index is 12.0. The van der Waals surface area contributed by atoms with Gasteiger partial charge in [-0.25, -0.2) is 4.98 Å². The number of hydrogen-bond donors (Lipinski definition) is 3. The van der Waals surface area contributed by atoms with Gasteiger partial charge in [0.15, 0.2) is 5.82 Å². The van der Waals surface area contributed by atoms with Crippen molar-refractivity contribution in [3.05, 3.63) is 54.1 Å². The number of aromatic hydroxyl groups is 1. The molecular weight excluding hydrogens is 324 g/mol. The quantitative estimate of drug-likeness (QED) is 0.620. The third-order valence-corrected chi connectivity index (χ3v) is 4.14. The summed E-state index contributed by atoms with van der Waals surface area (Å²) in [5.41, 5.74) is 2.47. The van der Waals surface area contributed by atoms with Crippen LogP contribution in [-0.4, -0.2) is 31.9 Å². The molecule has 1 amide bonds. The molecule has 2 aromatic carbocycles. The van der Waals surface area contributed by atoms with Gasteiger partial charge in [0.1, 0.15) is 5.75 Å². The predicted octanol–water partition coefficient (Wildman–Crippen LogP) is 3.22. The van der Waals surface area contributed by atoms with E-state index in [1.54, 1.807) is 24.3 Å². The van der Waals surface area contributed by atoms with E-state index >= 15 is 0 Å². The second kappa shape index (κ2) is 7.18. The molecule has 3 aromatic rings. The van der Waals surface area contributed by atoms with E-state index in [9.17, 15) is 9.90 Å². The van der Waals surface area contributed by atoms with Gasteiger partial charge in [0.25, 0.3) is 0 Å². The molecule has 0 atom stereocenters. The maximum Gasteiger partial charge on any atom is 0.234 e. The molecule has 3 N–H and O–H groups in total. The number of amides is 1. The zero-order chi connectivity index (χ0) is 16.9. The van der Waals surface area contributed by atoms with Crippen molar-refractivity contribution < 1.29 is 9.90 Å². The Morgan fingerprint density at radius 1 is 1.21 bits per heavy atom. The van der Waals surface area contributed by atoms with Gasteiger partial charge in [0, 0.05) is 5.69 Å². The number of anilines is 1. The first-order valence-electron chi connectivity index (χ1n) is 7.32. The molecule has 0 spiro atoms. The lowest BCUT2D eigenvalue weighted by Crippen LogP contribution is -2.14. The van der Waals surface area contributed by atoms with Crippen LogP contribution in [0.5, 0.6) is 5.75 Å². The van der Waals surface area contributed by atoms with Gasteiger partial charge in [-0.3, -0.25) is 9.89 Å². The van der Waals surface area contributed by atoms with Crippen molar-refractivity contribution in [1.29, 1.82) is 0 Å². The van der Waals surface area contributed by atoms with Crippen molar-refractivity contribution in [2.75, 3.05) is 11.1 Å². The van der Waals surface area contributed by atoms with E-state index in [0.29, 0.717) is 16.5 Å². The normalized spacial score (nSPS) is 10.5. The van der Waals surface area contributed by atoms with E-state index < -0.39 is 0 Å². The van der Waals surface area contributed by atoms with Crippen molar-refractivity contribution in [2.45, 2.75) is 12.1 Å². The number of para-hydroxylation sites is 1. The highest BCUT2D eigenvalue weighted by molar-refractivity contribution is 7.99. The summed E-state index contributed by atoms with van der Waals surface area (Å²) in [5, 5.41) is 19.9. The molecule has 0 saturated carbocycles. The Balaban J connectivity index is 1.58. The van der Waals surface area contributed by atoms with Crippen molar-refractivity contribution in [2.24, 2.45) is 0 Å². The smallest absolute Gasteiger partial charge is 0.234 e. The number of thioether (sulfide) groups is 1. The third kappa shape index (κ3) is 3.94. The van der Waals surface area contributed by atoms with Gasteiger partial charge < -0.3 is 10.4 Å². The van der Waals surface area contributed by atoms with Crippen LogP contribution in [-0.2, 0) is 4.79 Å². The minimum atomic E-state index is -0.127. The fourth-order valence-corrected chi connectivity index (χ4v) is 2.67. The number of aryl methyl sites for hydroxylation is 1. The monoisotopic (exact) mass is 340 g/mol. The van der Waals surface area contributed by atoms with Crippen LogP contribution in [0.2, 0.25) is 0 Å². The Kier molecular flexibility index (Phi) is 4.81. The third-order valence-electron chi connectivity index (χ3n) is 3.29. The highest BCUT2D eigenvalue weighted by atomic mass is 32.2. The van der Waals surface area contributed by atoms with Crippen LogP contribution < -0.4 is 5.32 Å². The molecule has 0 saturated heterocycles. The number of rotatable bonds is 5. The number of carbonyl (C=O) groups is 1. The number of phenols is 1. The topological polar surface area (TPSA) is 90.9 Å². The van der Waals surface area contributed by atoms with Crippen LogP contribution in [0.15, 0.2) is 53.7 Å². The summed E-state index contributed by atoms with van der Waals surface area (Å²) in [5.74, 6) is 0.668. The largest absolute Gasteiger partial charge is 0.507 e. The number of nitrogens with one attached hydrogen (secondary N) is 2. The first-order chi connectivity index (χ1) is 11.6. The molecule has 1 aromatic heterocycles. The first kappa shape index (κ1) is 16.1. The first-order valence-corrected chi connectivity index (χ1v) is 8.30. The standard InChI is InChI=1S/C17H16N4O2S/c1-11-6-8-12(9-7-11)18-15(23)10-24-17-19-16(20-21-17)13-4-2-3-5-14(13)22/h2-9,22H,10H2,1H3,(H,18,23)(H,19,20,21). The van der Waals surface area contributed by atoms with Gasteiger partial charge in [0.05, 0.1) is 11.3 Å². The lowest BCUT2D eigenvalue weighted by atomic mass is 10.2. The number of carbonyl (C=O) groups excluding carboxylic acids is 1. The van der Waals surface area contributed by atoms with Crippen LogP contribution in [0.25, 0.3) is 11.4 Å². The van der Waals surface area contributed by atoms with E-state index in [-0.39, 0.29) is 17.4 Å². The molecule has 24 heavy (non-hydrogen) atoms. The van der Waals surface area contributed by atoms with Crippen molar-refractivity contribution >= 4 is 23.4 Å². The Morgan fingerprint density at radius 2 is 1.96 bits per heavy atom. The van der Waals surface area contributed by atoms with Crippen LogP contribution in [0, 0.1) is 6.92 Å². The average Bonchev–Trinajstić information content (AvgIpc) is 3.04. The number of nitrogens with zero attached hydrogens (tertiary/aromatic N) is 2. The molecule has 0 aliphatic carbocycles. The van der Waals surface area contributed by atoms with Gasteiger partial charge in [-0.15, -0.1) is 5.10 Å². The molecule has 0 aliphatic rings. The highest BCUT2D eigenvalue weighted by Gasteiger charge is 2.11. The fourth-order valence-electron chi connectivity index (χ4n) is 2.07. The van der Waals surface area contributed by atoms with Gasteiger partial charge in [-0.05, 0) is 31.2 Å². The zero-order valence-corrected chi connectivity index (χ0v) is 13.8. The molecule has 6 nitrogen and oxygen atoms in total. The number of phenolic OH excluding ortho intramolecular Hbond substituents is 1. The fraction of sp³-hybridized carbons (Fsp3) is 0.118. The van der Waals surface area contributed by atoms with Crippen molar-refractivity contribution in [1.82, 2.24) is 15.2 Å². The number of H-pyrrole nitrogens is 1. The summed E-state index contributed by atoms with van der Waals surface area (Å²) in [6.07, 6.45) is 0. The molecule has 7 heteroatoms. The Morgan fingerprint density at radius 3 is 2.71 bits per heavy atom. The summed E-state index contributed by atoms with van der Waals surface area (Å²) < 4.78 is 0. The van der Waals surface area contributed by atoms with Crippen LogP contribution >= 0.6 is 11.8 Å². The van der Waals surface area contributed by atoms with E-state index in [0.717, 1.165) is 11.3 Å². The predicted molar refractivity (Wildman–Crippen MR) is 94.0 cm³/mol. The average molecular weight is 340 g/mol. The van der Waals surface area contributed by atoms with Crippen molar-refractivity contribution in [3.8, 4) is 17.1 Å². The van der Waals surface area contributed by atoms with Crippen LogP contribution in [0.1, 0.15) is 5.56 Å². The summed E-state index contributed by atoms with van der Waals surface area (Å²) in [6, 6.07) is 14.5. The van der Waals surface area contributed by atoms with E-state index in [1.807, 2.05) is 31.2 Å². The molecule has 0 unspecified atom stereocenters. The Labute approximate surface area is 143 Å². The lowest BCUT2D eigenvalue weighted by molar-refractivity contribution is -0.113. The van der Waals surface area contributed by atoms with Gasteiger partial charge in [0.2, 0.25) is 11.1 Å². The number of hydrogen-bond acceptors (Lipinski definition) is 5. The summed E-state index contributed by atoms with van der Waals surface area (Å²) in [7, 11) is 0. The minimum Gasteiger partial charge on any atom is -0.507 e. The summed E-state index contributed by atoms with van der Waals surface area (Å²) in [4.78, 5) is 16.3. The lowest BCUT2D eigenvalue weighted by Gasteiger charge is -2.04. The minimum absolute atomic E-state index is 0.127. The Hall–Kier alpha value is -2.80. The number of aromatic nitrogens is 3. The van der Waals surface area contributed by atoms with E-state index in [4.69, 9.17) is 0 Å². The van der Waals surface area contributed by atoms with Crippen molar-refractivity contribution in [3.63, 3.8) is 0 Å². The second-order valence-electron chi connectivity index (χ2n) is 5.19. The zero-order valence-electron chi connectivity index (χ0n) is 13.0. The molecule has 1 heterocycles. The van der Waals surface area contributed by atoms with E-state index in [1.165, 1.54) is 11.8 Å². The molecule has 0 fully saturated rings. The maximum atomic E-state index is 12.0. The highest BCUT2D eigenvalue weighted by Crippen LogP contribution is 2.26. The summed E-state index contributed by atoms with van der Waals surface area (Å²) >= 11 is 1.23. The molecular formula is C17H16N4O2S. The Bertz CT molecular complexity index is 846. The number of benzene rings is 2. The molecule has 3 rings (SSSR count). The molecule has 0 aliphatic heterocycles. The van der Waals surface area contributed by atoms with Gasteiger partial charge in [-0.2, -0.15) is 0 Å². The van der Waals surface area contributed by atoms with Gasteiger partial charge >= 0.3 is 0 Å². The van der Waals surface area contributed by atoms with Gasteiger partial charge in [-0.1, -0.05) is 41.6 Å². The molecule has 122 valence electrons. The second-order valence-corrected chi connectivity index (χ2v) is 6.13.